The maximum absolute atomic E-state index is 12.0. The number of nitrogens with one attached hydrogen (secondary N) is 2. The number of rotatable bonds is 6. The van der Waals surface area contributed by atoms with E-state index in [1.54, 1.807) is 17.4 Å². The Hall–Kier alpha value is -2.47. The Labute approximate surface area is 143 Å². The molecular weight excluding hydrogens is 322 g/mol. The van der Waals surface area contributed by atoms with Gasteiger partial charge in [0, 0.05) is 17.7 Å². The summed E-state index contributed by atoms with van der Waals surface area (Å²) in [5.41, 5.74) is 1.76. The lowest BCUT2D eigenvalue weighted by Crippen LogP contribution is -2.22. The average Bonchev–Trinajstić information content (AvgIpc) is 2.98. The lowest BCUT2D eigenvalue weighted by molar-refractivity contribution is -0.121. The van der Waals surface area contributed by atoms with E-state index in [2.05, 4.69) is 15.3 Å². The molecule has 2 heterocycles. The van der Waals surface area contributed by atoms with Crippen LogP contribution in [0, 0.1) is 6.92 Å². The molecule has 6 heteroatoms. The molecule has 0 saturated heterocycles. The third-order valence-electron chi connectivity index (χ3n) is 3.89. The molecule has 0 bridgehead atoms. The van der Waals surface area contributed by atoms with Gasteiger partial charge in [-0.1, -0.05) is 12.1 Å². The highest BCUT2D eigenvalue weighted by Crippen LogP contribution is 2.15. The first-order valence-electron chi connectivity index (χ1n) is 7.91. The molecule has 2 N–H and O–H groups in total. The molecule has 1 amide bonds. The second-order valence-electron chi connectivity index (χ2n) is 5.69. The van der Waals surface area contributed by atoms with Crippen LogP contribution in [0.4, 0.5) is 0 Å². The fourth-order valence-corrected chi connectivity index (χ4v) is 3.37. The molecule has 2 aromatic heterocycles. The number of H-pyrrole nitrogens is 1. The number of nitrogens with zero attached hydrogens (tertiary/aromatic N) is 1. The summed E-state index contributed by atoms with van der Waals surface area (Å²) >= 11 is 1.65. The molecule has 3 aromatic rings. The lowest BCUT2D eigenvalue weighted by atomic mass is 10.2. The van der Waals surface area contributed by atoms with Crippen molar-refractivity contribution in [3.8, 4) is 0 Å². The van der Waals surface area contributed by atoms with E-state index in [1.165, 1.54) is 10.4 Å². The molecule has 0 radical (unpaired) electrons. The largest absolute Gasteiger partial charge is 0.351 e. The highest BCUT2D eigenvalue weighted by molar-refractivity contribution is 7.10. The third-order valence-corrected chi connectivity index (χ3v) is 4.92. The highest BCUT2D eigenvalue weighted by atomic mass is 32.1. The van der Waals surface area contributed by atoms with E-state index in [4.69, 9.17) is 0 Å². The fourth-order valence-electron chi connectivity index (χ4n) is 2.52. The van der Waals surface area contributed by atoms with E-state index in [0.717, 1.165) is 0 Å². The van der Waals surface area contributed by atoms with Crippen LogP contribution < -0.4 is 10.9 Å². The molecule has 0 fully saturated rings. The number of benzene rings is 1. The first kappa shape index (κ1) is 16.4. The number of hydrogen-bond acceptors (Lipinski definition) is 4. The Balaban J connectivity index is 1.52. The summed E-state index contributed by atoms with van der Waals surface area (Å²) in [7, 11) is 0. The van der Waals surface area contributed by atoms with Gasteiger partial charge < -0.3 is 10.3 Å². The maximum Gasteiger partial charge on any atom is 0.258 e. The zero-order valence-electron chi connectivity index (χ0n) is 13.5. The molecule has 0 atom stereocenters. The number of thiophene rings is 1. The molecule has 0 spiro atoms. The van der Waals surface area contributed by atoms with Crippen molar-refractivity contribution in [2.24, 2.45) is 0 Å². The number of aromatic amines is 1. The van der Waals surface area contributed by atoms with Crippen LogP contribution in [0.5, 0.6) is 0 Å². The summed E-state index contributed by atoms with van der Waals surface area (Å²) in [5.74, 6) is 0.645. The minimum absolute atomic E-state index is 0.0194. The number of fused-ring (bicyclic) bond motifs is 1. The summed E-state index contributed by atoms with van der Waals surface area (Å²) in [5, 5.41) is 5.55. The highest BCUT2D eigenvalue weighted by Gasteiger charge is 2.06. The van der Waals surface area contributed by atoms with Gasteiger partial charge in [0.05, 0.1) is 17.4 Å². The van der Waals surface area contributed by atoms with Crippen LogP contribution in [-0.2, 0) is 17.8 Å². The fraction of sp³-hybridized carbons (Fsp3) is 0.278. The quantitative estimate of drug-likeness (QED) is 0.724. The van der Waals surface area contributed by atoms with E-state index in [1.807, 2.05) is 36.6 Å². The van der Waals surface area contributed by atoms with Crippen LogP contribution in [0.3, 0.4) is 0 Å². The number of amides is 1. The maximum atomic E-state index is 12.0. The minimum Gasteiger partial charge on any atom is -0.351 e. The van der Waals surface area contributed by atoms with Crippen molar-refractivity contribution in [3.05, 3.63) is 62.3 Å². The lowest BCUT2D eigenvalue weighted by Gasteiger charge is -2.05. The first-order chi connectivity index (χ1) is 11.6. The van der Waals surface area contributed by atoms with Gasteiger partial charge in [0.1, 0.15) is 5.82 Å². The molecule has 3 rings (SSSR count). The zero-order chi connectivity index (χ0) is 16.9. The number of carbonyl (C=O) groups is 1. The Morgan fingerprint density at radius 3 is 2.92 bits per heavy atom. The summed E-state index contributed by atoms with van der Waals surface area (Å²) in [6.07, 6.45) is 1.64. The van der Waals surface area contributed by atoms with Crippen LogP contribution in [0.2, 0.25) is 0 Å². The Bertz CT molecular complexity index is 914. The summed E-state index contributed by atoms with van der Waals surface area (Å²) in [6.45, 7) is 2.62. The SMILES string of the molecule is Cc1ccsc1CNC(=O)CCCc1nc2ccccc2c(=O)[nH]1. The van der Waals surface area contributed by atoms with Gasteiger partial charge in [-0.25, -0.2) is 4.98 Å². The normalized spacial score (nSPS) is 10.9. The van der Waals surface area contributed by atoms with Gasteiger partial charge in [-0.3, -0.25) is 9.59 Å². The number of para-hydroxylation sites is 1. The van der Waals surface area contributed by atoms with Gasteiger partial charge in [-0.05, 0) is 42.5 Å². The van der Waals surface area contributed by atoms with Gasteiger partial charge >= 0.3 is 0 Å². The van der Waals surface area contributed by atoms with Crippen molar-refractivity contribution in [2.75, 3.05) is 0 Å². The van der Waals surface area contributed by atoms with Crippen molar-refractivity contribution in [3.63, 3.8) is 0 Å². The predicted molar refractivity (Wildman–Crippen MR) is 96.2 cm³/mol. The smallest absolute Gasteiger partial charge is 0.258 e. The number of aromatic nitrogens is 2. The molecule has 24 heavy (non-hydrogen) atoms. The van der Waals surface area contributed by atoms with Gasteiger partial charge in [0.25, 0.3) is 5.56 Å². The molecule has 5 nitrogen and oxygen atoms in total. The van der Waals surface area contributed by atoms with Crippen LogP contribution in [0.15, 0.2) is 40.5 Å². The summed E-state index contributed by atoms with van der Waals surface area (Å²) < 4.78 is 0. The van der Waals surface area contributed by atoms with Gasteiger partial charge in [-0.2, -0.15) is 0 Å². The van der Waals surface area contributed by atoms with Gasteiger partial charge in [-0.15, -0.1) is 11.3 Å². The second-order valence-corrected chi connectivity index (χ2v) is 6.69. The summed E-state index contributed by atoms with van der Waals surface area (Å²) in [4.78, 5) is 32.3. The van der Waals surface area contributed by atoms with Gasteiger partial charge in [0.15, 0.2) is 0 Å². The van der Waals surface area contributed by atoms with Crippen LogP contribution in [0.25, 0.3) is 10.9 Å². The third kappa shape index (κ3) is 3.89. The second kappa shape index (κ2) is 7.40. The van der Waals surface area contributed by atoms with Crippen molar-refractivity contribution >= 4 is 28.1 Å². The van der Waals surface area contributed by atoms with E-state index in [9.17, 15) is 9.59 Å². The molecule has 124 valence electrons. The van der Waals surface area contributed by atoms with E-state index in [0.29, 0.717) is 42.5 Å². The average molecular weight is 341 g/mol. The molecule has 0 aliphatic rings. The molecule has 0 unspecified atom stereocenters. The number of hydrogen-bond donors (Lipinski definition) is 2. The molecule has 0 saturated carbocycles. The summed E-state index contributed by atoms with van der Waals surface area (Å²) in [6, 6.07) is 9.31. The molecule has 0 aliphatic heterocycles. The van der Waals surface area contributed by atoms with Crippen LogP contribution >= 0.6 is 11.3 Å². The van der Waals surface area contributed by atoms with E-state index >= 15 is 0 Å². The van der Waals surface area contributed by atoms with Crippen molar-refractivity contribution < 1.29 is 4.79 Å². The van der Waals surface area contributed by atoms with Crippen LogP contribution in [-0.4, -0.2) is 15.9 Å². The van der Waals surface area contributed by atoms with Crippen molar-refractivity contribution in [1.29, 1.82) is 0 Å². The number of carbonyl (C=O) groups excluding carboxylic acids is 1. The van der Waals surface area contributed by atoms with Crippen LogP contribution in [0.1, 0.15) is 29.1 Å². The molecule has 0 aliphatic carbocycles. The topological polar surface area (TPSA) is 74.8 Å². The minimum atomic E-state index is -0.131. The molecular formula is C18H19N3O2S. The van der Waals surface area contributed by atoms with Crippen molar-refractivity contribution in [2.45, 2.75) is 32.7 Å². The van der Waals surface area contributed by atoms with Crippen molar-refractivity contribution in [1.82, 2.24) is 15.3 Å². The Morgan fingerprint density at radius 2 is 2.12 bits per heavy atom. The van der Waals surface area contributed by atoms with Gasteiger partial charge in [0.2, 0.25) is 5.91 Å². The van der Waals surface area contributed by atoms with E-state index < -0.39 is 0 Å². The standard InChI is InChI=1S/C18H19N3O2S/c1-12-9-10-24-15(12)11-19-17(22)8-4-7-16-20-14-6-3-2-5-13(14)18(23)21-16/h2-3,5-6,9-10H,4,7-8,11H2,1H3,(H,19,22)(H,20,21,23). The molecule has 1 aromatic carbocycles. The number of aryl methyl sites for hydroxylation is 2. The zero-order valence-corrected chi connectivity index (χ0v) is 14.3. The monoisotopic (exact) mass is 341 g/mol. The first-order valence-corrected chi connectivity index (χ1v) is 8.79. The Morgan fingerprint density at radius 1 is 1.29 bits per heavy atom. The predicted octanol–water partition coefficient (Wildman–Crippen LogP) is 2.93. The van der Waals surface area contributed by atoms with E-state index in [-0.39, 0.29) is 11.5 Å². The Kier molecular flexibility index (Phi) is 5.05.